The first-order valence-corrected chi connectivity index (χ1v) is 6.66. The summed E-state index contributed by atoms with van der Waals surface area (Å²) in [7, 11) is 0. The predicted octanol–water partition coefficient (Wildman–Crippen LogP) is 3.84. The third kappa shape index (κ3) is 2.85. The highest BCUT2D eigenvalue weighted by molar-refractivity contribution is 5.97. The molecule has 1 atom stereocenters. The molecule has 0 spiro atoms. The lowest BCUT2D eigenvalue weighted by atomic mass is 10.0. The van der Waals surface area contributed by atoms with Crippen molar-refractivity contribution in [3.05, 3.63) is 71.7 Å². The Bertz CT molecular complexity index is 780. The van der Waals surface area contributed by atoms with E-state index < -0.39 is 0 Å². The molecule has 1 unspecified atom stereocenters. The van der Waals surface area contributed by atoms with E-state index >= 15 is 0 Å². The maximum absolute atomic E-state index is 13.1. The van der Waals surface area contributed by atoms with Crippen LogP contribution in [0.15, 0.2) is 59.0 Å². The Balaban J connectivity index is 1.80. The van der Waals surface area contributed by atoms with Gasteiger partial charge in [-0.05, 0) is 29.8 Å². The minimum Gasteiger partial charge on any atom is -0.453 e. The number of hydrogen-bond acceptors (Lipinski definition) is 3. The predicted molar refractivity (Wildman–Crippen MR) is 78.5 cm³/mol. The number of halogens is 1. The van der Waals surface area contributed by atoms with Crippen molar-refractivity contribution in [3.8, 4) is 0 Å². The molecule has 0 bridgehead atoms. The number of benzene rings is 2. The lowest BCUT2D eigenvalue weighted by Crippen LogP contribution is -2.15. The molecule has 0 aliphatic heterocycles. The topological polar surface area (TPSA) is 56.2 Å². The van der Waals surface area contributed by atoms with Crippen molar-refractivity contribution in [2.45, 2.75) is 12.5 Å². The first-order chi connectivity index (χ1) is 10.1. The summed E-state index contributed by atoms with van der Waals surface area (Å²) in [6.45, 7) is 0. The fourth-order valence-corrected chi connectivity index (χ4v) is 2.27. The molecule has 2 aromatic carbocycles. The van der Waals surface area contributed by atoms with E-state index in [9.17, 15) is 9.18 Å². The van der Waals surface area contributed by atoms with Crippen molar-refractivity contribution in [1.82, 2.24) is 0 Å². The smallest absolute Gasteiger partial charge is 0.199 e. The highest BCUT2D eigenvalue weighted by Crippen LogP contribution is 2.23. The number of fused-ring (bicyclic) bond motifs is 1. The van der Waals surface area contributed by atoms with E-state index in [0.29, 0.717) is 11.0 Å². The molecule has 0 saturated carbocycles. The number of rotatable bonds is 4. The molecule has 3 nitrogen and oxygen atoms in total. The van der Waals surface area contributed by atoms with Gasteiger partial charge in [-0.15, -0.1) is 0 Å². The standard InChI is InChI=1S/C17H14FNO2/c18-13-6-7-16-12(8-13)9-17(21-16)15(20)10-14(19)11-4-2-1-3-5-11/h1-9,14H,10,19H2. The number of carbonyl (C=O) groups is 1. The van der Waals surface area contributed by atoms with Crippen LogP contribution in [-0.2, 0) is 0 Å². The van der Waals surface area contributed by atoms with Gasteiger partial charge >= 0.3 is 0 Å². The number of hydrogen-bond donors (Lipinski definition) is 1. The van der Waals surface area contributed by atoms with Gasteiger partial charge in [0.1, 0.15) is 11.4 Å². The van der Waals surface area contributed by atoms with Crippen LogP contribution in [0.3, 0.4) is 0 Å². The lowest BCUT2D eigenvalue weighted by molar-refractivity contribution is 0.0949. The molecule has 0 fully saturated rings. The van der Waals surface area contributed by atoms with Gasteiger partial charge in [0.2, 0.25) is 0 Å². The van der Waals surface area contributed by atoms with Crippen LogP contribution in [0.2, 0.25) is 0 Å². The van der Waals surface area contributed by atoms with Crippen molar-refractivity contribution in [3.63, 3.8) is 0 Å². The van der Waals surface area contributed by atoms with Gasteiger partial charge < -0.3 is 10.2 Å². The van der Waals surface area contributed by atoms with Gasteiger partial charge in [-0.25, -0.2) is 4.39 Å². The average molecular weight is 283 g/mol. The van der Waals surface area contributed by atoms with Crippen molar-refractivity contribution < 1.29 is 13.6 Å². The third-order valence-corrected chi connectivity index (χ3v) is 3.39. The second-order valence-corrected chi connectivity index (χ2v) is 4.94. The van der Waals surface area contributed by atoms with Crippen LogP contribution in [0, 0.1) is 5.82 Å². The molecule has 106 valence electrons. The first kappa shape index (κ1) is 13.5. The van der Waals surface area contributed by atoms with E-state index in [2.05, 4.69) is 0 Å². The molecule has 0 radical (unpaired) electrons. The van der Waals surface area contributed by atoms with Crippen LogP contribution in [0.5, 0.6) is 0 Å². The van der Waals surface area contributed by atoms with Crippen molar-refractivity contribution in [2.75, 3.05) is 0 Å². The van der Waals surface area contributed by atoms with Crippen molar-refractivity contribution >= 4 is 16.8 Å². The van der Waals surface area contributed by atoms with Gasteiger partial charge in [-0.2, -0.15) is 0 Å². The molecule has 21 heavy (non-hydrogen) atoms. The Morgan fingerprint density at radius 1 is 1.14 bits per heavy atom. The number of carbonyl (C=O) groups excluding carboxylic acids is 1. The second-order valence-electron chi connectivity index (χ2n) is 4.94. The van der Waals surface area contributed by atoms with Crippen LogP contribution in [0.1, 0.15) is 28.6 Å². The molecule has 4 heteroatoms. The summed E-state index contributed by atoms with van der Waals surface area (Å²) in [4.78, 5) is 12.2. The molecule has 3 aromatic rings. The molecule has 0 saturated heterocycles. The van der Waals surface area contributed by atoms with Crippen LogP contribution < -0.4 is 5.73 Å². The quantitative estimate of drug-likeness (QED) is 0.740. The highest BCUT2D eigenvalue weighted by Gasteiger charge is 2.17. The Hall–Kier alpha value is -2.46. The Labute approximate surface area is 121 Å². The zero-order valence-corrected chi connectivity index (χ0v) is 11.3. The van der Waals surface area contributed by atoms with Crippen LogP contribution in [-0.4, -0.2) is 5.78 Å². The Kier molecular flexibility index (Phi) is 3.54. The zero-order chi connectivity index (χ0) is 14.8. The van der Waals surface area contributed by atoms with Crippen LogP contribution >= 0.6 is 0 Å². The monoisotopic (exact) mass is 283 g/mol. The molecular weight excluding hydrogens is 269 g/mol. The van der Waals surface area contributed by atoms with Crippen molar-refractivity contribution in [2.24, 2.45) is 5.73 Å². The van der Waals surface area contributed by atoms with Crippen LogP contribution in [0.25, 0.3) is 11.0 Å². The van der Waals surface area contributed by atoms with E-state index in [1.54, 1.807) is 6.07 Å². The van der Waals surface area contributed by atoms with Crippen LogP contribution in [0.4, 0.5) is 4.39 Å². The van der Waals surface area contributed by atoms with E-state index in [-0.39, 0.29) is 29.8 Å². The lowest BCUT2D eigenvalue weighted by Gasteiger charge is -2.09. The number of nitrogens with two attached hydrogens (primary N) is 1. The van der Waals surface area contributed by atoms with Gasteiger partial charge in [-0.3, -0.25) is 4.79 Å². The zero-order valence-electron chi connectivity index (χ0n) is 11.3. The molecule has 0 aliphatic rings. The van der Waals surface area contributed by atoms with Gasteiger partial charge in [0.15, 0.2) is 11.5 Å². The molecule has 1 aromatic heterocycles. The van der Waals surface area contributed by atoms with Crippen molar-refractivity contribution in [1.29, 1.82) is 0 Å². The summed E-state index contributed by atoms with van der Waals surface area (Å²) >= 11 is 0. The van der Waals surface area contributed by atoms with Gasteiger partial charge in [0.25, 0.3) is 0 Å². The van der Waals surface area contributed by atoms with Gasteiger partial charge in [-0.1, -0.05) is 30.3 Å². The molecule has 3 rings (SSSR count). The molecular formula is C17H14FNO2. The van der Waals surface area contributed by atoms with Gasteiger partial charge in [0.05, 0.1) is 0 Å². The number of furan rings is 1. The van der Waals surface area contributed by atoms with E-state index in [1.165, 1.54) is 18.2 Å². The Morgan fingerprint density at radius 3 is 2.67 bits per heavy atom. The highest BCUT2D eigenvalue weighted by atomic mass is 19.1. The Morgan fingerprint density at radius 2 is 1.90 bits per heavy atom. The summed E-state index contributed by atoms with van der Waals surface area (Å²) in [5.74, 6) is -0.340. The summed E-state index contributed by atoms with van der Waals surface area (Å²) in [5, 5.41) is 0.576. The molecule has 1 heterocycles. The molecule has 0 aliphatic carbocycles. The maximum Gasteiger partial charge on any atom is 0.199 e. The van der Waals surface area contributed by atoms with Gasteiger partial charge in [0, 0.05) is 17.8 Å². The summed E-state index contributed by atoms with van der Waals surface area (Å²) in [5.41, 5.74) is 7.42. The van der Waals surface area contributed by atoms with E-state index in [1.807, 2.05) is 30.3 Å². The summed E-state index contributed by atoms with van der Waals surface area (Å²) in [6.07, 6.45) is 0.145. The fourth-order valence-electron chi connectivity index (χ4n) is 2.27. The normalized spacial score (nSPS) is 12.5. The second kappa shape index (κ2) is 5.50. The number of ketones is 1. The first-order valence-electron chi connectivity index (χ1n) is 6.66. The fraction of sp³-hybridized carbons (Fsp3) is 0.118. The average Bonchev–Trinajstić information content (AvgIpc) is 2.91. The SMILES string of the molecule is NC(CC(=O)c1cc2cc(F)ccc2o1)c1ccccc1. The largest absolute Gasteiger partial charge is 0.453 e. The molecule has 0 amide bonds. The maximum atomic E-state index is 13.1. The number of Topliss-reactive ketones (excluding diaryl/α,β-unsaturated/α-hetero) is 1. The minimum atomic E-state index is -0.386. The molecule has 2 N–H and O–H groups in total. The summed E-state index contributed by atoms with van der Waals surface area (Å²) < 4.78 is 18.6. The minimum absolute atomic E-state index is 0.145. The van der Waals surface area contributed by atoms with E-state index in [4.69, 9.17) is 10.2 Å². The van der Waals surface area contributed by atoms with E-state index in [0.717, 1.165) is 5.56 Å². The summed E-state index contributed by atoms with van der Waals surface area (Å²) in [6, 6.07) is 14.7. The third-order valence-electron chi connectivity index (χ3n) is 3.39.